The first-order valence-corrected chi connectivity index (χ1v) is 7.56. The highest BCUT2D eigenvalue weighted by atomic mass is 16.2. The molecule has 2 aliphatic rings. The first-order chi connectivity index (χ1) is 10.0. The van der Waals surface area contributed by atoms with Crippen LogP contribution in [0.3, 0.4) is 0 Å². The molecule has 2 heterocycles. The molecule has 1 aliphatic carbocycles. The van der Waals surface area contributed by atoms with Crippen LogP contribution in [-0.2, 0) is 16.1 Å². The molecular weight excluding hydrogens is 266 g/mol. The summed E-state index contributed by atoms with van der Waals surface area (Å²) in [6.07, 6.45) is 5.30. The van der Waals surface area contributed by atoms with Crippen molar-refractivity contribution in [2.75, 3.05) is 0 Å². The number of aryl methyl sites for hydroxylation is 1. The van der Waals surface area contributed by atoms with Gasteiger partial charge in [0.05, 0.1) is 0 Å². The Labute approximate surface area is 124 Å². The van der Waals surface area contributed by atoms with Crippen molar-refractivity contribution in [3.8, 4) is 0 Å². The van der Waals surface area contributed by atoms with Crippen molar-refractivity contribution in [2.24, 2.45) is 0 Å². The molecule has 1 saturated carbocycles. The Morgan fingerprint density at radius 3 is 2.67 bits per heavy atom. The first kappa shape index (κ1) is 14.0. The molecule has 5 nitrogen and oxygen atoms in total. The van der Waals surface area contributed by atoms with Gasteiger partial charge in [-0.15, -0.1) is 0 Å². The highest BCUT2D eigenvalue weighted by Crippen LogP contribution is 2.35. The van der Waals surface area contributed by atoms with Crippen LogP contribution in [0.25, 0.3) is 0 Å². The molecule has 0 bridgehead atoms. The number of carbonyl (C=O) groups is 2. The third-order valence-corrected chi connectivity index (χ3v) is 4.66. The summed E-state index contributed by atoms with van der Waals surface area (Å²) < 4.78 is 0. The molecule has 5 heteroatoms. The summed E-state index contributed by atoms with van der Waals surface area (Å²) in [7, 11) is 0. The van der Waals surface area contributed by atoms with Gasteiger partial charge >= 0.3 is 0 Å². The fourth-order valence-electron chi connectivity index (χ4n) is 3.30. The Morgan fingerprint density at radius 2 is 2.05 bits per heavy atom. The van der Waals surface area contributed by atoms with Crippen LogP contribution < -0.4 is 5.32 Å². The maximum absolute atomic E-state index is 12.9. The number of hydrogen-bond donors (Lipinski definition) is 1. The van der Waals surface area contributed by atoms with Crippen molar-refractivity contribution in [1.82, 2.24) is 15.2 Å². The lowest BCUT2D eigenvalue weighted by molar-refractivity contribution is -0.154. The zero-order valence-electron chi connectivity index (χ0n) is 12.6. The van der Waals surface area contributed by atoms with Gasteiger partial charge in [-0.25, -0.2) is 0 Å². The van der Waals surface area contributed by atoms with E-state index >= 15 is 0 Å². The lowest BCUT2D eigenvalue weighted by atomic mass is 9.91. The van der Waals surface area contributed by atoms with Crippen LogP contribution in [0.5, 0.6) is 0 Å². The second-order valence-electron chi connectivity index (χ2n) is 6.20. The van der Waals surface area contributed by atoms with Crippen molar-refractivity contribution in [3.05, 3.63) is 29.6 Å². The number of amides is 2. The highest BCUT2D eigenvalue weighted by molar-refractivity contribution is 5.99. The van der Waals surface area contributed by atoms with Crippen molar-refractivity contribution in [1.29, 1.82) is 0 Å². The van der Waals surface area contributed by atoms with E-state index in [4.69, 9.17) is 0 Å². The largest absolute Gasteiger partial charge is 0.340 e. The van der Waals surface area contributed by atoms with E-state index in [0.29, 0.717) is 6.54 Å². The van der Waals surface area contributed by atoms with Gasteiger partial charge in [0.1, 0.15) is 11.6 Å². The monoisotopic (exact) mass is 287 g/mol. The van der Waals surface area contributed by atoms with Gasteiger partial charge in [0, 0.05) is 18.4 Å². The van der Waals surface area contributed by atoms with Gasteiger partial charge < -0.3 is 10.2 Å². The van der Waals surface area contributed by atoms with E-state index in [-0.39, 0.29) is 11.8 Å². The number of hydrogen-bond acceptors (Lipinski definition) is 3. The molecule has 1 spiro atoms. The fraction of sp³-hybridized carbons (Fsp3) is 0.562. The average Bonchev–Trinajstić information content (AvgIpc) is 2.93. The topological polar surface area (TPSA) is 62.3 Å². The number of nitrogens with one attached hydrogen (secondary N) is 1. The molecular formula is C16H21N3O2. The molecule has 0 aromatic carbocycles. The van der Waals surface area contributed by atoms with E-state index in [1.807, 2.05) is 19.1 Å². The van der Waals surface area contributed by atoms with Crippen LogP contribution in [0.4, 0.5) is 0 Å². The lowest BCUT2D eigenvalue weighted by Gasteiger charge is -2.43. The predicted octanol–water partition coefficient (Wildman–Crippen LogP) is 1.55. The van der Waals surface area contributed by atoms with E-state index in [0.717, 1.165) is 36.9 Å². The van der Waals surface area contributed by atoms with Crippen LogP contribution in [0, 0.1) is 6.92 Å². The number of aromatic nitrogens is 1. The van der Waals surface area contributed by atoms with Gasteiger partial charge in [-0.3, -0.25) is 14.6 Å². The predicted molar refractivity (Wildman–Crippen MR) is 78.3 cm³/mol. The zero-order chi connectivity index (χ0) is 15.0. The van der Waals surface area contributed by atoms with Crippen molar-refractivity contribution < 1.29 is 9.59 Å². The van der Waals surface area contributed by atoms with Crippen LogP contribution in [-0.4, -0.2) is 33.3 Å². The molecule has 1 aromatic rings. The van der Waals surface area contributed by atoms with Crippen LogP contribution >= 0.6 is 0 Å². The van der Waals surface area contributed by atoms with Gasteiger partial charge in [0.2, 0.25) is 11.8 Å². The number of piperazine rings is 1. The normalized spacial score (nSPS) is 24.5. The fourth-order valence-corrected chi connectivity index (χ4v) is 3.30. The SMILES string of the molecule is Cc1ccc(CN2C(=O)C3(CCCC3)NC(=O)C2C)cn1. The molecule has 3 rings (SSSR count). The van der Waals surface area contributed by atoms with Crippen molar-refractivity contribution in [3.63, 3.8) is 0 Å². The summed E-state index contributed by atoms with van der Waals surface area (Å²) >= 11 is 0. The molecule has 1 aromatic heterocycles. The summed E-state index contributed by atoms with van der Waals surface area (Å²) in [5.74, 6) is 0.0178. The highest BCUT2D eigenvalue weighted by Gasteiger charge is 2.50. The summed E-state index contributed by atoms with van der Waals surface area (Å²) in [5, 5.41) is 2.97. The number of pyridine rings is 1. The minimum absolute atomic E-state index is 0.0448. The van der Waals surface area contributed by atoms with Gasteiger partial charge in [0.25, 0.3) is 0 Å². The zero-order valence-corrected chi connectivity index (χ0v) is 12.6. The molecule has 1 N–H and O–H groups in total. The van der Waals surface area contributed by atoms with Gasteiger partial charge in [-0.05, 0) is 38.3 Å². The quantitative estimate of drug-likeness (QED) is 0.897. The second kappa shape index (κ2) is 5.13. The van der Waals surface area contributed by atoms with E-state index < -0.39 is 11.6 Å². The molecule has 0 radical (unpaired) electrons. The Hall–Kier alpha value is -1.91. The molecule has 21 heavy (non-hydrogen) atoms. The molecule has 1 saturated heterocycles. The van der Waals surface area contributed by atoms with Crippen molar-refractivity contribution >= 4 is 11.8 Å². The van der Waals surface area contributed by atoms with Crippen LogP contribution in [0.15, 0.2) is 18.3 Å². The van der Waals surface area contributed by atoms with E-state index in [9.17, 15) is 9.59 Å². The Kier molecular flexibility index (Phi) is 3.43. The molecule has 2 amide bonds. The molecule has 1 unspecified atom stereocenters. The number of rotatable bonds is 2. The minimum Gasteiger partial charge on any atom is -0.340 e. The summed E-state index contributed by atoms with van der Waals surface area (Å²) in [6.45, 7) is 4.17. The third kappa shape index (κ3) is 2.41. The molecule has 2 fully saturated rings. The van der Waals surface area contributed by atoms with Gasteiger partial charge in [-0.2, -0.15) is 0 Å². The van der Waals surface area contributed by atoms with E-state index in [2.05, 4.69) is 10.3 Å². The van der Waals surface area contributed by atoms with E-state index in [1.54, 1.807) is 18.0 Å². The molecule has 1 atom stereocenters. The van der Waals surface area contributed by atoms with Gasteiger partial charge in [-0.1, -0.05) is 18.9 Å². The van der Waals surface area contributed by atoms with Gasteiger partial charge in [0.15, 0.2) is 0 Å². The Morgan fingerprint density at radius 1 is 1.33 bits per heavy atom. The minimum atomic E-state index is -0.651. The van der Waals surface area contributed by atoms with E-state index in [1.165, 1.54) is 0 Å². The molecule has 1 aliphatic heterocycles. The summed E-state index contributed by atoms with van der Waals surface area (Å²) in [5.41, 5.74) is 1.26. The maximum Gasteiger partial charge on any atom is 0.249 e. The second-order valence-corrected chi connectivity index (χ2v) is 6.20. The lowest BCUT2D eigenvalue weighted by Crippen LogP contribution is -2.68. The number of carbonyl (C=O) groups excluding carboxylic acids is 2. The first-order valence-electron chi connectivity index (χ1n) is 7.56. The maximum atomic E-state index is 12.9. The standard InChI is InChI=1S/C16H21N3O2/c1-11-5-6-13(9-17-11)10-19-12(2)14(20)18-16(15(19)21)7-3-4-8-16/h5-6,9,12H,3-4,7-8,10H2,1-2H3,(H,18,20). The summed E-state index contributed by atoms with van der Waals surface area (Å²) in [6, 6.07) is 3.47. The average molecular weight is 287 g/mol. The smallest absolute Gasteiger partial charge is 0.249 e. The van der Waals surface area contributed by atoms with Crippen molar-refractivity contribution in [2.45, 2.75) is 57.7 Å². The Bertz CT molecular complexity index is 561. The Balaban J connectivity index is 1.86. The third-order valence-electron chi connectivity index (χ3n) is 4.66. The molecule has 112 valence electrons. The number of nitrogens with zero attached hydrogens (tertiary/aromatic N) is 2. The van der Waals surface area contributed by atoms with Crippen LogP contribution in [0.2, 0.25) is 0 Å². The van der Waals surface area contributed by atoms with Crippen LogP contribution in [0.1, 0.15) is 43.9 Å². The summed E-state index contributed by atoms with van der Waals surface area (Å²) in [4.78, 5) is 31.1.